The number of piperidine rings is 1. The second-order valence-corrected chi connectivity index (χ2v) is 8.57. The number of aliphatic carboxylic acids is 3. The number of hydrogen-bond acceptors (Lipinski definition) is 7. The van der Waals surface area contributed by atoms with Gasteiger partial charge in [0.15, 0.2) is 5.60 Å². The van der Waals surface area contributed by atoms with Crippen LogP contribution in [0.25, 0.3) is 0 Å². The van der Waals surface area contributed by atoms with E-state index in [4.69, 9.17) is 24.8 Å². The van der Waals surface area contributed by atoms with Crippen LogP contribution in [0.4, 0.5) is 0 Å². The molecule has 0 amide bonds. The number of likely N-dealkylation sites (tertiary alicyclic amines) is 1. The Labute approximate surface area is 196 Å². The molecule has 0 aromatic carbocycles. The number of aromatic nitrogens is 1. The number of carbonyl (C=O) groups is 3. The fraction of sp³-hybridized carbons (Fsp3) is 0.522. The van der Waals surface area contributed by atoms with Gasteiger partial charge in [-0.3, -0.25) is 14.5 Å². The summed E-state index contributed by atoms with van der Waals surface area (Å²) < 4.78 is 7.76. The molecule has 11 heteroatoms. The van der Waals surface area contributed by atoms with E-state index < -0.39 is 36.4 Å². The van der Waals surface area contributed by atoms with Gasteiger partial charge >= 0.3 is 17.9 Å². The van der Waals surface area contributed by atoms with Crippen LogP contribution in [0.1, 0.15) is 48.4 Å². The highest BCUT2D eigenvalue weighted by Crippen LogP contribution is 2.21. The summed E-state index contributed by atoms with van der Waals surface area (Å²) >= 11 is 0. The number of β-amino-alcohol motifs (C(OH)–C–C–N with tert-alkyl or cyclic N) is 1. The highest BCUT2D eigenvalue weighted by Gasteiger charge is 2.40. The Kier molecular flexibility index (Phi) is 9.42. The molecule has 1 aliphatic heterocycles. The van der Waals surface area contributed by atoms with Crippen LogP contribution in [0, 0.1) is 13.8 Å². The first-order valence-corrected chi connectivity index (χ1v) is 10.9. The van der Waals surface area contributed by atoms with Crippen molar-refractivity contribution in [1.82, 2.24) is 9.47 Å². The van der Waals surface area contributed by atoms with Crippen LogP contribution in [0.2, 0.25) is 0 Å². The number of aliphatic hydroxyl groups excluding tert-OH is 1. The zero-order valence-corrected chi connectivity index (χ0v) is 19.3. The Morgan fingerprint density at radius 2 is 1.76 bits per heavy atom. The lowest BCUT2D eigenvalue weighted by molar-refractivity contribution is -0.170. The lowest BCUT2D eigenvalue weighted by atomic mass is 9.96. The van der Waals surface area contributed by atoms with E-state index in [-0.39, 0.29) is 6.10 Å². The van der Waals surface area contributed by atoms with Crippen LogP contribution < -0.4 is 0 Å². The number of carboxylic acid groups (broad SMARTS) is 3. The summed E-state index contributed by atoms with van der Waals surface area (Å²) in [5.41, 5.74) is 1.17. The maximum atomic E-state index is 10.3. The van der Waals surface area contributed by atoms with Gasteiger partial charge in [-0.25, -0.2) is 4.79 Å². The summed E-state index contributed by atoms with van der Waals surface area (Å²) in [6.07, 6.45) is 1.30. The third kappa shape index (κ3) is 7.72. The first kappa shape index (κ1) is 27.1. The molecular formula is C23H32N2O9. The van der Waals surface area contributed by atoms with E-state index in [0.29, 0.717) is 0 Å². The van der Waals surface area contributed by atoms with E-state index in [1.807, 2.05) is 12.1 Å². The number of furan rings is 1. The predicted octanol–water partition coefficient (Wildman–Crippen LogP) is 1.45. The minimum atomic E-state index is -2.74. The maximum absolute atomic E-state index is 10.3. The van der Waals surface area contributed by atoms with Gasteiger partial charge in [0.05, 0.1) is 31.8 Å². The van der Waals surface area contributed by atoms with Gasteiger partial charge in [-0.05, 0) is 57.0 Å². The third-order valence-corrected chi connectivity index (χ3v) is 5.73. The Bertz CT molecular complexity index is 965. The summed E-state index contributed by atoms with van der Waals surface area (Å²) in [4.78, 5) is 32.8. The fourth-order valence-corrected chi connectivity index (χ4v) is 3.96. The minimum absolute atomic E-state index is 0.162. The number of carboxylic acids is 3. The molecule has 0 bridgehead atoms. The molecule has 3 rings (SSSR count). The number of rotatable bonds is 9. The second-order valence-electron chi connectivity index (χ2n) is 8.57. The molecule has 0 spiro atoms. The van der Waals surface area contributed by atoms with E-state index in [2.05, 4.69) is 29.4 Å². The summed E-state index contributed by atoms with van der Waals surface area (Å²) in [7, 11) is 0. The van der Waals surface area contributed by atoms with Crippen molar-refractivity contribution in [2.45, 2.75) is 64.3 Å². The van der Waals surface area contributed by atoms with Crippen molar-refractivity contribution in [1.29, 1.82) is 0 Å². The molecule has 11 nitrogen and oxygen atoms in total. The van der Waals surface area contributed by atoms with Crippen molar-refractivity contribution in [2.24, 2.45) is 0 Å². The van der Waals surface area contributed by atoms with Crippen molar-refractivity contribution >= 4 is 17.9 Å². The van der Waals surface area contributed by atoms with E-state index in [0.717, 1.165) is 44.8 Å². The Balaban J connectivity index is 0.000000273. The predicted molar refractivity (Wildman–Crippen MR) is 119 cm³/mol. The highest BCUT2D eigenvalue weighted by molar-refractivity contribution is 5.88. The van der Waals surface area contributed by atoms with Crippen LogP contribution in [0.15, 0.2) is 28.9 Å². The summed E-state index contributed by atoms with van der Waals surface area (Å²) in [5, 5.41) is 43.6. The first-order chi connectivity index (χ1) is 15.9. The standard InChI is InChI=1S/C17H24N2O2.C6H8O7/c1-13-9-15(10-18-7-3-5-16(20)11-18)14(2)19(13)12-17-6-4-8-21-17;7-3(8)1-6(13,5(11)12)2-4(9)10/h4,6,8-9,16,20H,3,5,7,10-12H2,1-2H3;13H,1-2H2,(H,7,8)(H,9,10)(H,11,12). The van der Waals surface area contributed by atoms with Gasteiger partial charge in [-0.1, -0.05) is 0 Å². The zero-order chi connectivity index (χ0) is 25.5. The van der Waals surface area contributed by atoms with Gasteiger partial charge in [0.2, 0.25) is 0 Å². The van der Waals surface area contributed by atoms with Crippen LogP contribution in [0.3, 0.4) is 0 Å². The first-order valence-electron chi connectivity index (χ1n) is 10.9. The molecule has 3 heterocycles. The van der Waals surface area contributed by atoms with Crippen LogP contribution in [-0.2, 0) is 27.5 Å². The van der Waals surface area contributed by atoms with Crippen molar-refractivity contribution in [2.75, 3.05) is 13.1 Å². The molecule has 0 saturated carbocycles. The Morgan fingerprint density at radius 1 is 1.12 bits per heavy atom. The van der Waals surface area contributed by atoms with Crippen LogP contribution in [0.5, 0.6) is 0 Å². The molecule has 5 N–H and O–H groups in total. The molecule has 2 aromatic heterocycles. The molecule has 2 aromatic rings. The van der Waals surface area contributed by atoms with E-state index >= 15 is 0 Å². The van der Waals surface area contributed by atoms with Crippen molar-refractivity contribution in [3.63, 3.8) is 0 Å². The summed E-state index contributed by atoms with van der Waals surface area (Å²) in [6, 6.07) is 6.21. The molecule has 1 unspecified atom stereocenters. The average Bonchev–Trinajstić information content (AvgIpc) is 3.31. The second kappa shape index (κ2) is 11.8. The number of nitrogens with zero attached hydrogens (tertiary/aromatic N) is 2. The van der Waals surface area contributed by atoms with E-state index in [9.17, 15) is 19.5 Å². The summed E-state index contributed by atoms with van der Waals surface area (Å²) in [5.74, 6) is -4.04. The molecule has 1 fully saturated rings. The lowest BCUT2D eigenvalue weighted by Gasteiger charge is -2.29. The quantitative estimate of drug-likeness (QED) is 0.353. The molecule has 0 radical (unpaired) electrons. The van der Waals surface area contributed by atoms with Gasteiger partial charge in [-0.2, -0.15) is 0 Å². The maximum Gasteiger partial charge on any atom is 0.336 e. The SMILES string of the molecule is Cc1cc(CN2CCCC(O)C2)c(C)n1Cc1ccco1.O=C(O)CC(O)(CC(=O)O)C(=O)O. The third-order valence-electron chi connectivity index (χ3n) is 5.73. The normalized spacial score (nSPS) is 16.5. The number of aliphatic hydroxyl groups is 2. The molecular weight excluding hydrogens is 448 g/mol. The number of hydrogen-bond donors (Lipinski definition) is 5. The zero-order valence-electron chi connectivity index (χ0n) is 19.3. The minimum Gasteiger partial charge on any atom is -0.481 e. The van der Waals surface area contributed by atoms with Gasteiger partial charge < -0.3 is 34.5 Å². The van der Waals surface area contributed by atoms with Gasteiger partial charge in [0.1, 0.15) is 5.76 Å². The topological polar surface area (TPSA) is 174 Å². The van der Waals surface area contributed by atoms with E-state index in [1.54, 1.807) is 6.26 Å². The largest absolute Gasteiger partial charge is 0.481 e. The van der Waals surface area contributed by atoms with Gasteiger partial charge in [0.25, 0.3) is 0 Å². The monoisotopic (exact) mass is 480 g/mol. The Morgan fingerprint density at radius 3 is 2.26 bits per heavy atom. The average molecular weight is 481 g/mol. The lowest BCUT2D eigenvalue weighted by Crippen LogP contribution is -2.42. The molecule has 34 heavy (non-hydrogen) atoms. The van der Waals surface area contributed by atoms with Crippen molar-refractivity contribution in [3.8, 4) is 0 Å². The van der Waals surface area contributed by atoms with Gasteiger partial charge in [0, 0.05) is 24.5 Å². The van der Waals surface area contributed by atoms with E-state index in [1.165, 1.54) is 17.0 Å². The van der Waals surface area contributed by atoms with Crippen LogP contribution >= 0.6 is 0 Å². The van der Waals surface area contributed by atoms with Gasteiger partial charge in [-0.15, -0.1) is 0 Å². The van der Waals surface area contributed by atoms with Crippen molar-refractivity contribution in [3.05, 3.63) is 47.2 Å². The molecule has 188 valence electrons. The molecule has 1 atom stereocenters. The van der Waals surface area contributed by atoms with Crippen molar-refractivity contribution < 1.29 is 44.3 Å². The molecule has 1 aliphatic rings. The fourth-order valence-electron chi connectivity index (χ4n) is 3.96. The van der Waals surface area contributed by atoms with Crippen LogP contribution in [-0.4, -0.2) is 77.7 Å². The highest BCUT2D eigenvalue weighted by atomic mass is 16.4. The summed E-state index contributed by atoms with van der Waals surface area (Å²) in [6.45, 7) is 7.90. The number of aryl methyl sites for hydroxylation is 1. The Hall–Kier alpha value is -3.15. The molecule has 1 saturated heterocycles. The molecule has 0 aliphatic carbocycles. The smallest absolute Gasteiger partial charge is 0.336 e.